The lowest BCUT2D eigenvalue weighted by Crippen LogP contribution is -2.25. The molecule has 0 radical (unpaired) electrons. The van der Waals surface area contributed by atoms with E-state index in [2.05, 4.69) is 12.1 Å². The van der Waals surface area contributed by atoms with E-state index in [9.17, 15) is 10.2 Å². The molecule has 0 amide bonds. The number of aryl methyl sites for hydroxylation is 2. The Morgan fingerprint density at radius 3 is 2.38 bits per heavy atom. The monoisotopic (exact) mass is 280 g/mol. The van der Waals surface area contributed by atoms with Gasteiger partial charge in [0, 0.05) is 0 Å². The van der Waals surface area contributed by atoms with Gasteiger partial charge in [0.15, 0.2) is 0 Å². The van der Waals surface area contributed by atoms with Crippen LogP contribution in [0.3, 0.4) is 0 Å². The van der Waals surface area contributed by atoms with Crippen molar-refractivity contribution in [2.45, 2.75) is 43.9 Å². The Balaban J connectivity index is 1.79. The summed E-state index contributed by atoms with van der Waals surface area (Å²) in [4.78, 5) is 0. The summed E-state index contributed by atoms with van der Waals surface area (Å²) in [6.07, 6.45) is 6.71. The van der Waals surface area contributed by atoms with Crippen molar-refractivity contribution in [1.29, 1.82) is 0 Å². The number of benzene rings is 2. The Kier molecular flexibility index (Phi) is 2.75. The van der Waals surface area contributed by atoms with Crippen LogP contribution in [0.4, 0.5) is 0 Å². The summed E-state index contributed by atoms with van der Waals surface area (Å²) in [5.74, 6) is 0.756. The Labute approximate surface area is 125 Å². The number of phenolic OH excluding ortho intramolecular Hbond substituents is 2. The molecule has 2 aromatic rings. The van der Waals surface area contributed by atoms with Gasteiger partial charge in [-0.3, -0.25) is 0 Å². The molecule has 0 saturated carbocycles. The van der Waals surface area contributed by atoms with Gasteiger partial charge in [-0.2, -0.15) is 0 Å². The first-order chi connectivity index (χ1) is 10.2. The lowest BCUT2D eigenvalue weighted by atomic mass is 9.74. The molecule has 2 aliphatic carbocycles. The molecule has 2 heteroatoms. The molecule has 108 valence electrons. The number of phenols is 2. The highest BCUT2D eigenvalue weighted by atomic mass is 16.3. The fourth-order valence-corrected chi connectivity index (χ4v) is 4.34. The Bertz CT molecular complexity index is 705. The number of hydrogen-bond donors (Lipinski definition) is 2. The highest BCUT2D eigenvalue weighted by Gasteiger charge is 2.39. The number of rotatable bonds is 0. The summed E-state index contributed by atoms with van der Waals surface area (Å²) >= 11 is 0. The third-order valence-corrected chi connectivity index (χ3v) is 5.35. The molecule has 0 aromatic heterocycles. The Hall–Kier alpha value is -1.96. The van der Waals surface area contributed by atoms with Gasteiger partial charge in [0.25, 0.3) is 0 Å². The average molecular weight is 280 g/mol. The maximum Gasteiger partial charge on any atom is 0.115 e. The summed E-state index contributed by atoms with van der Waals surface area (Å²) in [6, 6.07) is 11.7. The van der Waals surface area contributed by atoms with Gasteiger partial charge in [0.05, 0.1) is 0 Å². The molecule has 0 fully saturated rings. The minimum atomic E-state index is 0.227. The SMILES string of the molecule is Oc1ccc2c(c1)CCC[C@]1(CCc3cc(O)ccc31)C2. The van der Waals surface area contributed by atoms with Crippen molar-refractivity contribution >= 4 is 0 Å². The summed E-state index contributed by atoms with van der Waals surface area (Å²) in [5.41, 5.74) is 5.66. The first kappa shape index (κ1) is 12.8. The fraction of sp³-hybridized carbons (Fsp3) is 0.368. The molecule has 2 N–H and O–H groups in total. The van der Waals surface area contributed by atoms with E-state index in [-0.39, 0.29) is 5.41 Å². The molecule has 2 nitrogen and oxygen atoms in total. The van der Waals surface area contributed by atoms with Crippen molar-refractivity contribution in [3.05, 3.63) is 58.7 Å². The number of fused-ring (bicyclic) bond motifs is 3. The average Bonchev–Trinajstić information content (AvgIpc) is 2.69. The van der Waals surface area contributed by atoms with Crippen molar-refractivity contribution < 1.29 is 10.2 Å². The smallest absolute Gasteiger partial charge is 0.115 e. The van der Waals surface area contributed by atoms with Gasteiger partial charge >= 0.3 is 0 Å². The first-order valence-electron chi connectivity index (χ1n) is 7.79. The van der Waals surface area contributed by atoms with E-state index >= 15 is 0 Å². The van der Waals surface area contributed by atoms with Crippen LogP contribution in [0.2, 0.25) is 0 Å². The zero-order valence-electron chi connectivity index (χ0n) is 12.1. The molecule has 4 rings (SSSR count). The quantitative estimate of drug-likeness (QED) is 0.769. The van der Waals surface area contributed by atoms with E-state index in [0.29, 0.717) is 11.5 Å². The maximum atomic E-state index is 9.70. The van der Waals surface area contributed by atoms with Crippen LogP contribution >= 0.6 is 0 Å². The van der Waals surface area contributed by atoms with Gasteiger partial charge in [-0.25, -0.2) is 0 Å². The third kappa shape index (κ3) is 2.01. The van der Waals surface area contributed by atoms with E-state index in [1.54, 1.807) is 0 Å². The van der Waals surface area contributed by atoms with Crippen LogP contribution in [0.15, 0.2) is 36.4 Å². The van der Waals surface area contributed by atoms with Gasteiger partial charge in [-0.15, -0.1) is 0 Å². The normalized spacial score (nSPS) is 23.6. The Morgan fingerprint density at radius 2 is 1.52 bits per heavy atom. The zero-order valence-corrected chi connectivity index (χ0v) is 12.1. The highest BCUT2D eigenvalue weighted by Crippen LogP contribution is 2.47. The minimum Gasteiger partial charge on any atom is -0.508 e. The zero-order chi connectivity index (χ0) is 14.4. The molecule has 0 heterocycles. The van der Waals surface area contributed by atoms with E-state index in [1.807, 2.05) is 24.3 Å². The molecule has 0 unspecified atom stereocenters. The van der Waals surface area contributed by atoms with Crippen LogP contribution in [-0.2, 0) is 24.7 Å². The molecule has 2 aromatic carbocycles. The first-order valence-corrected chi connectivity index (χ1v) is 7.79. The fourth-order valence-electron chi connectivity index (χ4n) is 4.34. The third-order valence-electron chi connectivity index (χ3n) is 5.35. The van der Waals surface area contributed by atoms with Crippen LogP contribution < -0.4 is 0 Å². The van der Waals surface area contributed by atoms with Crippen LogP contribution in [0.25, 0.3) is 0 Å². The van der Waals surface area contributed by atoms with Gasteiger partial charge in [-0.1, -0.05) is 12.1 Å². The van der Waals surface area contributed by atoms with Gasteiger partial charge in [0.2, 0.25) is 0 Å². The molecule has 1 atom stereocenters. The van der Waals surface area contributed by atoms with Gasteiger partial charge in [0.1, 0.15) is 11.5 Å². The summed E-state index contributed by atoms with van der Waals surface area (Å²) in [5, 5.41) is 19.4. The molecule has 0 aliphatic heterocycles. The van der Waals surface area contributed by atoms with E-state index < -0.39 is 0 Å². The van der Waals surface area contributed by atoms with Crippen molar-refractivity contribution in [3.8, 4) is 11.5 Å². The van der Waals surface area contributed by atoms with Crippen LogP contribution in [0.1, 0.15) is 41.5 Å². The molecule has 1 spiro atoms. The predicted octanol–water partition coefficient (Wildman–Crippen LogP) is 3.86. The summed E-state index contributed by atoms with van der Waals surface area (Å²) in [6.45, 7) is 0. The number of hydrogen-bond acceptors (Lipinski definition) is 2. The molecule has 21 heavy (non-hydrogen) atoms. The second kappa shape index (κ2) is 4.52. The van der Waals surface area contributed by atoms with Crippen LogP contribution in [0, 0.1) is 0 Å². The largest absolute Gasteiger partial charge is 0.508 e. The highest BCUT2D eigenvalue weighted by molar-refractivity contribution is 5.47. The van der Waals surface area contributed by atoms with E-state index in [4.69, 9.17) is 0 Å². The summed E-state index contributed by atoms with van der Waals surface area (Å²) in [7, 11) is 0. The molecule has 2 aliphatic rings. The van der Waals surface area contributed by atoms with Crippen molar-refractivity contribution in [1.82, 2.24) is 0 Å². The molecular formula is C19H20O2. The van der Waals surface area contributed by atoms with E-state index in [0.717, 1.165) is 25.7 Å². The second-order valence-corrected chi connectivity index (χ2v) is 6.61. The topological polar surface area (TPSA) is 40.5 Å². The van der Waals surface area contributed by atoms with Gasteiger partial charge in [-0.05, 0) is 90.5 Å². The molecule has 0 saturated heterocycles. The van der Waals surface area contributed by atoms with Crippen LogP contribution in [0.5, 0.6) is 11.5 Å². The van der Waals surface area contributed by atoms with Gasteiger partial charge < -0.3 is 10.2 Å². The minimum absolute atomic E-state index is 0.227. The molecule has 0 bridgehead atoms. The van der Waals surface area contributed by atoms with Crippen LogP contribution in [-0.4, -0.2) is 10.2 Å². The summed E-state index contributed by atoms with van der Waals surface area (Å²) < 4.78 is 0. The van der Waals surface area contributed by atoms with Crippen molar-refractivity contribution in [2.24, 2.45) is 0 Å². The maximum absolute atomic E-state index is 9.70. The Morgan fingerprint density at radius 1 is 0.762 bits per heavy atom. The lowest BCUT2D eigenvalue weighted by molar-refractivity contribution is 0.387. The number of aromatic hydroxyl groups is 2. The van der Waals surface area contributed by atoms with Crippen molar-refractivity contribution in [2.75, 3.05) is 0 Å². The van der Waals surface area contributed by atoms with Crippen molar-refractivity contribution in [3.63, 3.8) is 0 Å². The van der Waals surface area contributed by atoms with E-state index in [1.165, 1.54) is 35.1 Å². The molecular weight excluding hydrogens is 260 g/mol. The predicted molar refractivity (Wildman–Crippen MR) is 82.9 cm³/mol. The standard InChI is InChI=1S/C19H20O2/c20-16-4-3-15-12-19(8-1-2-13(15)10-16)9-7-14-11-17(21)5-6-18(14)19/h3-6,10-11,20-21H,1-2,7-9,12H2/t19-/m0/s1. The second-order valence-electron chi connectivity index (χ2n) is 6.61. The lowest BCUT2D eigenvalue weighted by Gasteiger charge is -2.29.